The van der Waals surface area contributed by atoms with Crippen LogP contribution in [-0.2, 0) is 4.84 Å². The largest absolute Gasteiger partial charge is 0.478 e. The molecular weight excluding hydrogens is 234 g/mol. The van der Waals surface area contributed by atoms with Crippen molar-refractivity contribution < 1.29 is 14.7 Å². The SMILES string of the molecule is CONC1CCN(c2cc(C(=O)O)ccn2)CC1. The lowest BCUT2D eigenvalue weighted by atomic mass is 10.1. The molecule has 1 aromatic heterocycles. The first-order valence-corrected chi connectivity index (χ1v) is 5.93. The maximum atomic E-state index is 10.9. The summed E-state index contributed by atoms with van der Waals surface area (Å²) in [6.07, 6.45) is 3.44. The van der Waals surface area contributed by atoms with E-state index >= 15 is 0 Å². The number of rotatable bonds is 4. The van der Waals surface area contributed by atoms with Gasteiger partial charge >= 0.3 is 5.97 Å². The van der Waals surface area contributed by atoms with Crippen molar-refractivity contribution in [2.24, 2.45) is 0 Å². The minimum Gasteiger partial charge on any atom is -0.478 e. The van der Waals surface area contributed by atoms with Crippen LogP contribution in [0.5, 0.6) is 0 Å². The Kier molecular flexibility index (Phi) is 4.11. The first kappa shape index (κ1) is 12.8. The lowest BCUT2D eigenvalue weighted by molar-refractivity contribution is 0.0531. The van der Waals surface area contributed by atoms with Crippen LogP contribution in [0.1, 0.15) is 23.2 Å². The molecule has 2 rings (SSSR count). The number of piperidine rings is 1. The molecule has 6 heteroatoms. The molecule has 0 atom stereocenters. The molecule has 6 nitrogen and oxygen atoms in total. The molecule has 0 bridgehead atoms. The Balaban J connectivity index is 2.01. The zero-order valence-electron chi connectivity index (χ0n) is 10.3. The highest BCUT2D eigenvalue weighted by Crippen LogP contribution is 2.18. The van der Waals surface area contributed by atoms with Crippen LogP contribution in [-0.4, -0.2) is 42.3 Å². The Morgan fingerprint density at radius 2 is 2.28 bits per heavy atom. The van der Waals surface area contributed by atoms with Gasteiger partial charge in [0.1, 0.15) is 5.82 Å². The molecule has 0 unspecified atom stereocenters. The van der Waals surface area contributed by atoms with Gasteiger partial charge < -0.3 is 14.8 Å². The summed E-state index contributed by atoms with van der Waals surface area (Å²) >= 11 is 0. The fraction of sp³-hybridized carbons (Fsp3) is 0.500. The Hall–Kier alpha value is -1.66. The molecule has 0 amide bonds. The smallest absolute Gasteiger partial charge is 0.335 e. The van der Waals surface area contributed by atoms with Crippen LogP contribution in [0.4, 0.5) is 5.82 Å². The van der Waals surface area contributed by atoms with Crippen LogP contribution < -0.4 is 10.4 Å². The molecule has 98 valence electrons. The van der Waals surface area contributed by atoms with Crippen molar-refractivity contribution in [3.05, 3.63) is 23.9 Å². The van der Waals surface area contributed by atoms with Gasteiger partial charge in [-0.2, -0.15) is 5.48 Å². The number of carboxylic acids is 1. The van der Waals surface area contributed by atoms with E-state index in [0.717, 1.165) is 31.7 Å². The van der Waals surface area contributed by atoms with Gasteiger partial charge in [0.05, 0.1) is 12.7 Å². The molecule has 18 heavy (non-hydrogen) atoms. The van der Waals surface area contributed by atoms with E-state index in [1.165, 1.54) is 12.3 Å². The maximum absolute atomic E-state index is 10.9. The number of nitrogens with zero attached hydrogens (tertiary/aromatic N) is 2. The third kappa shape index (κ3) is 2.96. The summed E-state index contributed by atoms with van der Waals surface area (Å²) in [6, 6.07) is 3.48. The number of hydrogen-bond acceptors (Lipinski definition) is 5. The van der Waals surface area contributed by atoms with Gasteiger partial charge in [0.25, 0.3) is 0 Å². The fourth-order valence-electron chi connectivity index (χ4n) is 2.12. The summed E-state index contributed by atoms with van der Waals surface area (Å²) in [4.78, 5) is 22.1. The lowest BCUT2D eigenvalue weighted by Gasteiger charge is -2.32. The summed E-state index contributed by atoms with van der Waals surface area (Å²) in [5.74, 6) is -0.194. The average molecular weight is 251 g/mol. The summed E-state index contributed by atoms with van der Waals surface area (Å²) in [5.41, 5.74) is 3.22. The second-order valence-corrected chi connectivity index (χ2v) is 4.29. The van der Waals surface area contributed by atoms with Crippen molar-refractivity contribution in [3.63, 3.8) is 0 Å². The van der Waals surface area contributed by atoms with Gasteiger partial charge in [0.2, 0.25) is 0 Å². The number of aromatic nitrogens is 1. The second kappa shape index (κ2) is 5.79. The Morgan fingerprint density at radius 1 is 1.56 bits per heavy atom. The predicted molar refractivity (Wildman–Crippen MR) is 66.6 cm³/mol. The Labute approximate surface area is 106 Å². The minimum absolute atomic E-state index is 0.275. The number of hydroxylamine groups is 1. The molecule has 2 N–H and O–H groups in total. The minimum atomic E-state index is -0.922. The highest BCUT2D eigenvalue weighted by Gasteiger charge is 2.20. The molecule has 2 heterocycles. The zero-order valence-corrected chi connectivity index (χ0v) is 10.3. The molecule has 0 radical (unpaired) electrons. The van der Waals surface area contributed by atoms with Gasteiger partial charge in [-0.3, -0.25) is 0 Å². The normalized spacial score (nSPS) is 16.8. The van der Waals surface area contributed by atoms with E-state index in [9.17, 15) is 4.79 Å². The van der Waals surface area contributed by atoms with Crippen molar-refractivity contribution in [2.75, 3.05) is 25.1 Å². The Bertz CT molecular complexity index is 417. The Morgan fingerprint density at radius 3 is 2.89 bits per heavy atom. The number of nitrogens with one attached hydrogen (secondary N) is 1. The van der Waals surface area contributed by atoms with E-state index < -0.39 is 5.97 Å². The molecule has 1 aliphatic heterocycles. The zero-order chi connectivity index (χ0) is 13.0. The van der Waals surface area contributed by atoms with Gasteiger partial charge in [-0.25, -0.2) is 9.78 Å². The van der Waals surface area contributed by atoms with Crippen molar-refractivity contribution in [1.29, 1.82) is 0 Å². The number of pyridine rings is 1. The van der Waals surface area contributed by atoms with E-state index in [-0.39, 0.29) is 5.56 Å². The van der Waals surface area contributed by atoms with Crippen LogP contribution in [0, 0.1) is 0 Å². The first-order chi connectivity index (χ1) is 8.70. The number of carboxylic acid groups (broad SMARTS) is 1. The molecule has 0 aliphatic carbocycles. The highest BCUT2D eigenvalue weighted by atomic mass is 16.6. The quantitative estimate of drug-likeness (QED) is 0.774. The van der Waals surface area contributed by atoms with Crippen molar-refractivity contribution >= 4 is 11.8 Å². The van der Waals surface area contributed by atoms with Crippen LogP contribution in [0.15, 0.2) is 18.3 Å². The van der Waals surface area contributed by atoms with Crippen LogP contribution >= 0.6 is 0 Å². The summed E-state index contributed by atoms with van der Waals surface area (Å²) in [7, 11) is 1.62. The second-order valence-electron chi connectivity index (χ2n) is 4.29. The molecule has 1 saturated heterocycles. The molecule has 0 spiro atoms. The van der Waals surface area contributed by atoms with Gasteiger partial charge in [-0.15, -0.1) is 0 Å². The topological polar surface area (TPSA) is 74.7 Å². The third-order valence-corrected chi connectivity index (χ3v) is 3.10. The van der Waals surface area contributed by atoms with Gasteiger partial charge in [-0.05, 0) is 25.0 Å². The standard InChI is InChI=1S/C12H17N3O3/c1-18-14-10-3-6-15(7-4-10)11-8-9(12(16)17)2-5-13-11/h2,5,8,10,14H,3-4,6-7H2,1H3,(H,16,17). The van der Waals surface area contributed by atoms with E-state index in [1.807, 2.05) is 0 Å². The molecule has 1 fully saturated rings. The fourth-order valence-corrected chi connectivity index (χ4v) is 2.12. The van der Waals surface area contributed by atoms with Gasteiger partial charge in [-0.1, -0.05) is 0 Å². The van der Waals surface area contributed by atoms with E-state index in [2.05, 4.69) is 15.4 Å². The van der Waals surface area contributed by atoms with Crippen LogP contribution in [0.25, 0.3) is 0 Å². The third-order valence-electron chi connectivity index (χ3n) is 3.10. The van der Waals surface area contributed by atoms with Crippen LogP contribution in [0.2, 0.25) is 0 Å². The molecule has 0 aromatic carbocycles. The van der Waals surface area contributed by atoms with Crippen molar-refractivity contribution in [3.8, 4) is 0 Å². The molecule has 0 saturated carbocycles. The van der Waals surface area contributed by atoms with Crippen LogP contribution in [0.3, 0.4) is 0 Å². The average Bonchev–Trinajstić information content (AvgIpc) is 2.40. The first-order valence-electron chi connectivity index (χ1n) is 5.93. The van der Waals surface area contributed by atoms with Gasteiger partial charge in [0, 0.05) is 25.3 Å². The molecular formula is C12H17N3O3. The van der Waals surface area contributed by atoms with Crippen molar-refractivity contribution in [2.45, 2.75) is 18.9 Å². The predicted octanol–water partition coefficient (Wildman–Crippen LogP) is 0.900. The monoisotopic (exact) mass is 251 g/mol. The van der Waals surface area contributed by atoms with Gasteiger partial charge in [0.15, 0.2) is 0 Å². The molecule has 1 aliphatic rings. The number of carbonyl (C=O) groups is 1. The number of hydrogen-bond donors (Lipinski definition) is 2. The van der Waals surface area contributed by atoms with E-state index in [4.69, 9.17) is 9.94 Å². The van der Waals surface area contributed by atoms with E-state index in [1.54, 1.807) is 13.2 Å². The van der Waals surface area contributed by atoms with E-state index in [0.29, 0.717) is 6.04 Å². The summed E-state index contributed by atoms with van der Waals surface area (Å²) in [5, 5.41) is 8.95. The molecule has 1 aromatic rings. The summed E-state index contributed by atoms with van der Waals surface area (Å²) < 4.78 is 0. The summed E-state index contributed by atoms with van der Waals surface area (Å²) in [6.45, 7) is 1.69. The number of aromatic carboxylic acids is 1. The van der Waals surface area contributed by atoms with Crippen molar-refractivity contribution in [1.82, 2.24) is 10.5 Å². The maximum Gasteiger partial charge on any atom is 0.335 e. The lowest BCUT2D eigenvalue weighted by Crippen LogP contribution is -2.42. The highest BCUT2D eigenvalue weighted by molar-refractivity contribution is 5.88. The number of anilines is 1.